The predicted octanol–water partition coefficient (Wildman–Crippen LogP) is 3.40. The zero-order chi connectivity index (χ0) is 25.1. The van der Waals surface area contributed by atoms with E-state index < -0.39 is 28.5 Å². The summed E-state index contributed by atoms with van der Waals surface area (Å²) in [7, 11) is -4.26. The maximum atomic E-state index is 15.9. The first-order valence-electron chi connectivity index (χ1n) is 11.3. The van der Waals surface area contributed by atoms with Crippen LogP contribution in [-0.2, 0) is 28.2 Å². The quantitative estimate of drug-likeness (QED) is 0.346. The smallest absolute Gasteiger partial charge is 0.326 e. The van der Waals surface area contributed by atoms with Crippen molar-refractivity contribution in [2.75, 3.05) is 17.5 Å². The Morgan fingerprint density at radius 3 is 2.61 bits per heavy atom. The minimum atomic E-state index is -4.26. The monoisotopic (exact) mass is 510 g/mol. The zero-order valence-electron chi connectivity index (χ0n) is 19.1. The van der Waals surface area contributed by atoms with Crippen LogP contribution in [0.2, 0.25) is 0 Å². The molecule has 1 aromatic heterocycles. The lowest BCUT2D eigenvalue weighted by molar-refractivity contribution is -0.117. The van der Waals surface area contributed by atoms with Gasteiger partial charge in [-0.25, -0.2) is 13.4 Å². The molecule has 0 spiro atoms. The summed E-state index contributed by atoms with van der Waals surface area (Å²) < 4.78 is 57.1. The number of nitrogens with one attached hydrogen (secondary N) is 1. The Morgan fingerprint density at radius 1 is 1.06 bits per heavy atom. The molecule has 1 aliphatic heterocycles. The number of benzene rings is 3. The van der Waals surface area contributed by atoms with E-state index in [4.69, 9.17) is 9.47 Å². The van der Waals surface area contributed by atoms with E-state index in [0.717, 1.165) is 5.56 Å². The van der Waals surface area contributed by atoms with Crippen molar-refractivity contribution in [1.29, 1.82) is 0 Å². The van der Waals surface area contributed by atoms with Crippen LogP contribution in [0, 0.1) is 5.82 Å². The van der Waals surface area contributed by atoms with Crippen LogP contribution in [0.1, 0.15) is 12.0 Å². The van der Waals surface area contributed by atoms with Gasteiger partial charge in [-0.1, -0.05) is 36.4 Å². The number of rotatable bonds is 9. The zero-order valence-corrected chi connectivity index (χ0v) is 19.9. The molecule has 0 unspecified atom stereocenters. The molecule has 9 nitrogen and oxygen atoms in total. The van der Waals surface area contributed by atoms with Crippen molar-refractivity contribution in [2.24, 2.45) is 0 Å². The number of ether oxygens (including phenoxy) is 2. The summed E-state index contributed by atoms with van der Waals surface area (Å²) >= 11 is 0. The molecule has 1 aliphatic rings. The summed E-state index contributed by atoms with van der Waals surface area (Å²) in [6.07, 6.45) is 4.25. The summed E-state index contributed by atoms with van der Waals surface area (Å²) in [6, 6.07) is 17.5. The topological polar surface area (TPSA) is 103 Å². The van der Waals surface area contributed by atoms with E-state index >= 15 is 4.39 Å². The van der Waals surface area contributed by atoms with E-state index in [9.17, 15) is 13.2 Å². The average molecular weight is 511 g/mol. The van der Waals surface area contributed by atoms with Gasteiger partial charge in [-0.3, -0.25) is 9.48 Å². The number of halogens is 1. The maximum absolute atomic E-state index is 15.9. The number of carbonyl (C=O) groups excluding carboxylic acids is 1. The summed E-state index contributed by atoms with van der Waals surface area (Å²) in [6.45, 7) is 0.605. The molecule has 5 rings (SSSR count). The van der Waals surface area contributed by atoms with Crippen LogP contribution in [-0.4, -0.2) is 37.3 Å². The number of fused-ring (bicyclic) bond motifs is 1. The lowest BCUT2D eigenvalue weighted by atomic mass is 10.1. The third-order valence-corrected chi connectivity index (χ3v) is 7.03. The minimum Gasteiger partial charge on any atom is -0.494 e. The second kappa shape index (κ2) is 9.86. The number of aromatic nitrogens is 2. The molecule has 0 saturated carbocycles. The molecule has 0 radical (unpaired) electrons. The van der Waals surface area contributed by atoms with Gasteiger partial charge in [0.1, 0.15) is 30.3 Å². The Labute approximate surface area is 207 Å². The fraction of sp³-hybridized carbons (Fsp3) is 0.200. The van der Waals surface area contributed by atoms with Crippen LogP contribution in [0.25, 0.3) is 10.8 Å². The summed E-state index contributed by atoms with van der Waals surface area (Å²) in [5, 5.41) is 4.79. The molecule has 1 fully saturated rings. The van der Waals surface area contributed by atoms with Gasteiger partial charge in [-0.2, -0.15) is 13.5 Å². The Kier molecular flexibility index (Phi) is 6.47. The van der Waals surface area contributed by atoms with E-state index in [2.05, 4.69) is 5.10 Å². The first-order chi connectivity index (χ1) is 17.4. The average Bonchev–Trinajstić information content (AvgIpc) is 3.48. The standard InChI is InChI=1S/C25H23FN4O5S/c26-24-21-15-20(34-13-5-12-29-11-4-10-27-29)9-8-19(21)14-22(35-17-18-6-2-1-3-7-18)25(24)30-16-23(31)28-36(30,32)33/h1-4,6-11,14-15H,5,12-13,16-17H2,(H,28,31). The molecule has 4 aromatic rings. The van der Waals surface area contributed by atoms with Crippen LogP contribution in [0.3, 0.4) is 0 Å². The SMILES string of the molecule is O=C1CN(c2c(OCc3ccccc3)cc3ccc(OCCCn4cccn4)cc3c2F)S(=O)(=O)N1. The lowest BCUT2D eigenvalue weighted by Gasteiger charge is -2.21. The van der Waals surface area contributed by atoms with Gasteiger partial charge in [0.15, 0.2) is 5.82 Å². The highest BCUT2D eigenvalue weighted by molar-refractivity contribution is 7.92. The van der Waals surface area contributed by atoms with Crippen molar-refractivity contribution in [3.05, 3.63) is 84.4 Å². The van der Waals surface area contributed by atoms with Gasteiger partial charge in [0, 0.05) is 30.7 Å². The lowest BCUT2D eigenvalue weighted by Crippen LogP contribution is -2.30. The van der Waals surface area contributed by atoms with Crippen LogP contribution >= 0.6 is 0 Å². The Hall–Kier alpha value is -4.12. The van der Waals surface area contributed by atoms with Crippen LogP contribution in [0.4, 0.5) is 10.1 Å². The molecule has 0 bridgehead atoms. The fourth-order valence-electron chi connectivity index (χ4n) is 3.96. The van der Waals surface area contributed by atoms with E-state index in [1.165, 1.54) is 6.07 Å². The van der Waals surface area contributed by atoms with E-state index in [1.54, 1.807) is 29.1 Å². The second-order valence-electron chi connectivity index (χ2n) is 8.20. The van der Waals surface area contributed by atoms with E-state index in [0.29, 0.717) is 35.0 Å². The van der Waals surface area contributed by atoms with Gasteiger partial charge >= 0.3 is 10.2 Å². The molecule has 11 heteroatoms. The molecular formula is C25H23FN4O5S. The number of carbonyl (C=O) groups is 1. The molecule has 186 valence electrons. The molecule has 2 heterocycles. The molecule has 0 aliphatic carbocycles. The van der Waals surface area contributed by atoms with Gasteiger partial charge in [-0.15, -0.1) is 0 Å². The molecule has 1 amide bonds. The number of amides is 1. The van der Waals surface area contributed by atoms with Crippen molar-refractivity contribution in [3.63, 3.8) is 0 Å². The maximum Gasteiger partial charge on any atom is 0.326 e. The van der Waals surface area contributed by atoms with Gasteiger partial charge in [0.05, 0.1) is 6.61 Å². The van der Waals surface area contributed by atoms with Crippen LogP contribution < -0.4 is 18.5 Å². The molecular weight excluding hydrogens is 487 g/mol. The summed E-state index contributed by atoms with van der Waals surface area (Å²) in [5.74, 6) is -1.13. The Balaban J connectivity index is 1.46. The van der Waals surface area contributed by atoms with Crippen LogP contribution in [0.5, 0.6) is 11.5 Å². The third kappa shape index (κ3) is 4.96. The largest absolute Gasteiger partial charge is 0.494 e. The molecule has 36 heavy (non-hydrogen) atoms. The van der Waals surface area contributed by atoms with Gasteiger partial charge in [0.2, 0.25) is 0 Å². The fourth-order valence-corrected chi connectivity index (χ4v) is 5.12. The Morgan fingerprint density at radius 2 is 1.89 bits per heavy atom. The van der Waals surface area contributed by atoms with Gasteiger partial charge in [0.25, 0.3) is 5.91 Å². The number of aryl methyl sites for hydroxylation is 1. The first kappa shape index (κ1) is 23.6. The van der Waals surface area contributed by atoms with E-state index in [1.807, 2.05) is 47.3 Å². The van der Waals surface area contributed by atoms with E-state index in [-0.39, 0.29) is 23.4 Å². The Bertz CT molecular complexity index is 1490. The highest BCUT2D eigenvalue weighted by Gasteiger charge is 2.38. The molecule has 3 aromatic carbocycles. The van der Waals surface area contributed by atoms with Gasteiger partial charge in [-0.05, 0) is 35.2 Å². The number of hydrogen-bond donors (Lipinski definition) is 1. The highest BCUT2D eigenvalue weighted by Crippen LogP contribution is 2.40. The second-order valence-corrected chi connectivity index (χ2v) is 9.80. The summed E-state index contributed by atoms with van der Waals surface area (Å²) in [5.41, 5.74) is 0.494. The number of anilines is 1. The highest BCUT2D eigenvalue weighted by atomic mass is 32.2. The van der Waals surface area contributed by atoms with Crippen molar-refractivity contribution in [1.82, 2.24) is 14.5 Å². The first-order valence-corrected chi connectivity index (χ1v) is 12.7. The molecule has 0 atom stereocenters. The summed E-state index contributed by atoms with van der Waals surface area (Å²) in [4.78, 5) is 11.9. The normalized spacial score (nSPS) is 14.7. The van der Waals surface area contributed by atoms with Crippen LogP contribution in [0.15, 0.2) is 73.1 Å². The van der Waals surface area contributed by atoms with Gasteiger partial charge < -0.3 is 9.47 Å². The van der Waals surface area contributed by atoms with Crippen molar-refractivity contribution < 1.29 is 27.1 Å². The van der Waals surface area contributed by atoms with Crippen molar-refractivity contribution in [2.45, 2.75) is 19.6 Å². The predicted molar refractivity (Wildman–Crippen MR) is 131 cm³/mol. The number of nitrogens with zero attached hydrogens (tertiary/aromatic N) is 3. The van der Waals surface area contributed by atoms with Crippen molar-refractivity contribution in [3.8, 4) is 11.5 Å². The third-order valence-electron chi connectivity index (χ3n) is 5.66. The molecule has 1 N–H and O–H groups in total. The number of hydrogen-bond acceptors (Lipinski definition) is 6. The molecule has 1 saturated heterocycles. The minimum absolute atomic E-state index is 0.0109. The van der Waals surface area contributed by atoms with Crippen molar-refractivity contribution >= 4 is 32.6 Å².